The fourth-order valence-corrected chi connectivity index (χ4v) is 1.93. The molecule has 0 radical (unpaired) electrons. The molecule has 0 saturated carbocycles. The minimum Gasteiger partial charge on any atom is -0.454 e. The van der Waals surface area contributed by atoms with Gasteiger partial charge in [0.25, 0.3) is 0 Å². The summed E-state index contributed by atoms with van der Waals surface area (Å²) in [6.07, 6.45) is 0.747. The Balaban J connectivity index is 2.08. The molecular formula is C18H20FN3O4. The zero-order valence-electron chi connectivity index (χ0n) is 14.9. The number of pyridine rings is 1. The van der Waals surface area contributed by atoms with Crippen LogP contribution in [0.5, 0.6) is 11.5 Å². The van der Waals surface area contributed by atoms with Gasteiger partial charge in [0.15, 0.2) is 11.6 Å². The third kappa shape index (κ3) is 6.04. The maximum atomic E-state index is 14.2. The molecule has 26 heavy (non-hydrogen) atoms. The molecule has 0 bridgehead atoms. The number of aromatic nitrogens is 1. The highest BCUT2D eigenvalue weighted by Gasteiger charge is 2.17. The van der Waals surface area contributed by atoms with Crippen molar-refractivity contribution in [3.05, 3.63) is 42.3 Å². The molecule has 0 fully saturated rings. The van der Waals surface area contributed by atoms with Gasteiger partial charge in [-0.05, 0) is 39.0 Å². The van der Waals surface area contributed by atoms with E-state index in [-0.39, 0.29) is 17.3 Å². The van der Waals surface area contributed by atoms with Gasteiger partial charge in [-0.1, -0.05) is 0 Å². The van der Waals surface area contributed by atoms with Crippen molar-refractivity contribution in [2.45, 2.75) is 33.3 Å². The first kappa shape index (κ1) is 19.2. The summed E-state index contributed by atoms with van der Waals surface area (Å²) in [6.45, 7) is 6.54. The standard InChI is InChI=1S/C18H20FN3O4/c1-11(23)21-16-10-13(7-8-20-16)25-15-6-5-12(9-14(15)19)22-17(24)26-18(2,3)4/h5-10H,1-4H3,(H,22,24)(H,20,21,23). The van der Waals surface area contributed by atoms with E-state index in [1.165, 1.54) is 37.4 Å². The van der Waals surface area contributed by atoms with E-state index in [2.05, 4.69) is 15.6 Å². The van der Waals surface area contributed by atoms with Crippen LogP contribution in [0.15, 0.2) is 36.5 Å². The number of benzene rings is 1. The fourth-order valence-electron chi connectivity index (χ4n) is 1.93. The summed E-state index contributed by atoms with van der Waals surface area (Å²) in [5.74, 6) is -0.399. The number of carbonyl (C=O) groups excluding carboxylic acids is 2. The molecule has 0 saturated heterocycles. The quantitative estimate of drug-likeness (QED) is 0.846. The summed E-state index contributed by atoms with van der Waals surface area (Å²) in [7, 11) is 0. The molecule has 0 atom stereocenters. The molecule has 0 aliphatic heterocycles. The molecule has 2 aromatic rings. The van der Waals surface area contributed by atoms with Gasteiger partial charge < -0.3 is 14.8 Å². The Labute approximate surface area is 150 Å². The van der Waals surface area contributed by atoms with Crippen LogP contribution < -0.4 is 15.4 Å². The van der Waals surface area contributed by atoms with Crippen LogP contribution in [0.4, 0.5) is 20.7 Å². The summed E-state index contributed by atoms with van der Waals surface area (Å²) < 4.78 is 24.8. The molecule has 2 N–H and O–H groups in total. The zero-order chi connectivity index (χ0) is 19.3. The second kappa shape index (κ2) is 7.81. The summed E-state index contributed by atoms with van der Waals surface area (Å²) in [5.41, 5.74) is -0.420. The van der Waals surface area contributed by atoms with E-state index in [0.717, 1.165) is 6.07 Å². The monoisotopic (exact) mass is 361 g/mol. The van der Waals surface area contributed by atoms with Gasteiger partial charge in [0.1, 0.15) is 17.2 Å². The number of anilines is 2. The number of carbonyl (C=O) groups is 2. The lowest BCUT2D eigenvalue weighted by Gasteiger charge is -2.19. The van der Waals surface area contributed by atoms with E-state index in [9.17, 15) is 14.0 Å². The van der Waals surface area contributed by atoms with E-state index in [4.69, 9.17) is 9.47 Å². The topological polar surface area (TPSA) is 89.6 Å². The number of rotatable bonds is 4. The molecule has 2 amide bonds. The number of ether oxygens (including phenoxy) is 2. The first-order valence-corrected chi connectivity index (χ1v) is 7.83. The normalized spacial score (nSPS) is 10.8. The van der Waals surface area contributed by atoms with E-state index >= 15 is 0 Å². The van der Waals surface area contributed by atoms with Crippen molar-refractivity contribution in [1.82, 2.24) is 4.98 Å². The lowest BCUT2D eigenvalue weighted by atomic mass is 10.2. The maximum Gasteiger partial charge on any atom is 0.412 e. The Bertz CT molecular complexity index is 818. The van der Waals surface area contributed by atoms with Gasteiger partial charge in [-0.3, -0.25) is 10.1 Å². The van der Waals surface area contributed by atoms with Crippen LogP contribution in [0.25, 0.3) is 0 Å². The number of hydrogen-bond acceptors (Lipinski definition) is 5. The van der Waals surface area contributed by atoms with Gasteiger partial charge in [-0.2, -0.15) is 0 Å². The van der Waals surface area contributed by atoms with E-state index in [1.54, 1.807) is 20.8 Å². The van der Waals surface area contributed by atoms with Gasteiger partial charge in [0.2, 0.25) is 5.91 Å². The zero-order valence-corrected chi connectivity index (χ0v) is 14.9. The average Bonchev–Trinajstić information content (AvgIpc) is 2.48. The van der Waals surface area contributed by atoms with Crippen LogP contribution >= 0.6 is 0 Å². The summed E-state index contributed by atoms with van der Waals surface area (Å²) in [5, 5.41) is 4.96. The van der Waals surface area contributed by atoms with Gasteiger partial charge in [0.05, 0.1) is 0 Å². The van der Waals surface area contributed by atoms with E-state index in [0.29, 0.717) is 11.6 Å². The number of halogens is 1. The molecule has 7 nitrogen and oxygen atoms in total. The largest absolute Gasteiger partial charge is 0.454 e. The Morgan fingerprint density at radius 2 is 1.85 bits per heavy atom. The molecule has 1 aromatic heterocycles. The SMILES string of the molecule is CC(=O)Nc1cc(Oc2ccc(NC(=O)OC(C)(C)C)cc2F)ccn1. The van der Waals surface area contributed by atoms with Crippen LogP contribution in [-0.4, -0.2) is 22.6 Å². The Morgan fingerprint density at radius 1 is 1.12 bits per heavy atom. The van der Waals surface area contributed by atoms with Gasteiger partial charge in [0, 0.05) is 30.9 Å². The predicted octanol–water partition coefficient (Wildman–Crippen LogP) is 4.32. The van der Waals surface area contributed by atoms with Crippen LogP contribution in [-0.2, 0) is 9.53 Å². The van der Waals surface area contributed by atoms with Gasteiger partial charge in [-0.25, -0.2) is 14.2 Å². The Kier molecular flexibility index (Phi) is 5.76. The van der Waals surface area contributed by atoms with Crippen LogP contribution in [0.3, 0.4) is 0 Å². The Hall–Kier alpha value is -3.16. The van der Waals surface area contributed by atoms with E-state index < -0.39 is 17.5 Å². The summed E-state index contributed by atoms with van der Waals surface area (Å²) in [4.78, 5) is 26.7. The smallest absolute Gasteiger partial charge is 0.412 e. The van der Waals surface area contributed by atoms with Crippen molar-refractivity contribution >= 4 is 23.5 Å². The van der Waals surface area contributed by atoms with Crippen molar-refractivity contribution in [3.8, 4) is 11.5 Å². The van der Waals surface area contributed by atoms with Crippen LogP contribution in [0, 0.1) is 5.82 Å². The molecule has 2 rings (SSSR count). The number of nitrogens with zero attached hydrogens (tertiary/aromatic N) is 1. The molecule has 0 aliphatic rings. The minimum atomic E-state index is -0.681. The third-order valence-corrected chi connectivity index (χ3v) is 2.84. The minimum absolute atomic E-state index is 0.0419. The highest BCUT2D eigenvalue weighted by Crippen LogP contribution is 2.27. The maximum absolute atomic E-state index is 14.2. The van der Waals surface area contributed by atoms with E-state index in [1.807, 2.05) is 0 Å². The highest BCUT2D eigenvalue weighted by atomic mass is 19.1. The highest BCUT2D eigenvalue weighted by molar-refractivity contribution is 5.87. The molecule has 1 heterocycles. The first-order valence-electron chi connectivity index (χ1n) is 7.83. The van der Waals surface area contributed by atoms with Crippen molar-refractivity contribution in [3.63, 3.8) is 0 Å². The molecule has 8 heteroatoms. The van der Waals surface area contributed by atoms with Crippen molar-refractivity contribution < 1.29 is 23.5 Å². The molecule has 0 unspecified atom stereocenters. The number of amides is 2. The second-order valence-corrected chi connectivity index (χ2v) is 6.43. The van der Waals surface area contributed by atoms with Gasteiger partial charge >= 0.3 is 6.09 Å². The number of nitrogens with one attached hydrogen (secondary N) is 2. The molecule has 0 aliphatic carbocycles. The lowest BCUT2D eigenvalue weighted by Crippen LogP contribution is -2.27. The molecule has 1 aromatic carbocycles. The summed E-state index contributed by atoms with van der Waals surface area (Å²) in [6, 6.07) is 6.97. The fraction of sp³-hybridized carbons (Fsp3) is 0.278. The first-order chi connectivity index (χ1) is 12.1. The lowest BCUT2D eigenvalue weighted by molar-refractivity contribution is -0.114. The predicted molar refractivity (Wildman–Crippen MR) is 94.9 cm³/mol. The van der Waals surface area contributed by atoms with Crippen molar-refractivity contribution in [2.24, 2.45) is 0 Å². The summed E-state index contributed by atoms with van der Waals surface area (Å²) >= 11 is 0. The second-order valence-electron chi connectivity index (χ2n) is 6.43. The Morgan fingerprint density at radius 3 is 2.46 bits per heavy atom. The molecule has 0 spiro atoms. The van der Waals surface area contributed by atoms with Crippen molar-refractivity contribution in [2.75, 3.05) is 10.6 Å². The third-order valence-electron chi connectivity index (χ3n) is 2.84. The van der Waals surface area contributed by atoms with Crippen LogP contribution in [0.1, 0.15) is 27.7 Å². The average molecular weight is 361 g/mol. The van der Waals surface area contributed by atoms with Gasteiger partial charge in [-0.15, -0.1) is 0 Å². The molecular weight excluding hydrogens is 341 g/mol. The number of hydrogen-bond donors (Lipinski definition) is 2. The van der Waals surface area contributed by atoms with Crippen LogP contribution in [0.2, 0.25) is 0 Å². The van der Waals surface area contributed by atoms with Crippen molar-refractivity contribution in [1.29, 1.82) is 0 Å². The molecule has 138 valence electrons.